The van der Waals surface area contributed by atoms with Crippen LogP contribution in [0.15, 0.2) is 41.2 Å². The minimum absolute atomic E-state index is 0.0218. The van der Waals surface area contributed by atoms with Gasteiger partial charge < -0.3 is 9.42 Å². The summed E-state index contributed by atoms with van der Waals surface area (Å²) in [5.41, 5.74) is 2.14. The van der Waals surface area contributed by atoms with Crippen LogP contribution in [0, 0.1) is 0 Å². The Balaban J connectivity index is 1.28. The molecule has 0 radical (unpaired) electrons. The molecule has 4 heterocycles. The lowest BCUT2D eigenvalue weighted by atomic mass is 9.98. The Morgan fingerprint density at radius 1 is 1.12 bits per heavy atom. The Morgan fingerprint density at radius 3 is 2.77 bits per heavy atom. The molecule has 10 heteroatoms. The highest BCUT2D eigenvalue weighted by molar-refractivity contribution is 7.00. The maximum absolute atomic E-state index is 12.6. The van der Waals surface area contributed by atoms with Crippen molar-refractivity contribution < 1.29 is 9.32 Å². The normalized spacial score (nSPS) is 14.5. The van der Waals surface area contributed by atoms with Gasteiger partial charge in [0.05, 0.1) is 17.6 Å². The molecule has 0 atom stereocenters. The Kier molecular flexibility index (Phi) is 3.42. The second-order valence-electron chi connectivity index (χ2n) is 5.90. The zero-order valence-electron chi connectivity index (χ0n) is 13.3. The average Bonchev–Trinajstić information content (AvgIpc) is 3.30. The molecule has 0 N–H and O–H groups in total. The number of carbonyl (C=O) groups is 1. The lowest BCUT2D eigenvalue weighted by molar-refractivity contribution is 0.0569. The molecule has 0 aliphatic carbocycles. The third-order valence-electron chi connectivity index (χ3n) is 4.23. The summed E-state index contributed by atoms with van der Waals surface area (Å²) in [6.07, 6.45) is 3.24. The SMILES string of the molecule is O=C(c1ccc2nsnc2c1)N1CC(c2nc(-c3ncccn3)no2)C1. The zero-order valence-corrected chi connectivity index (χ0v) is 14.1. The molecule has 1 saturated heterocycles. The fourth-order valence-corrected chi connectivity index (χ4v) is 3.32. The fourth-order valence-electron chi connectivity index (χ4n) is 2.80. The molecular formula is C16H11N7O2S. The van der Waals surface area contributed by atoms with Crippen LogP contribution in [-0.2, 0) is 0 Å². The summed E-state index contributed by atoms with van der Waals surface area (Å²) in [4.78, 5) is 26.9. The summed E-state index contributed by atoms with van der Waals surface area (Å²) in [6.45, 7) is 1.06. The minimum atomic E-state index is -0.0396. The first kappa shape index (κ1) is 15.0. The van der Waals surface area contributed by atoms with Gasteiger partial charge in [0.2, 0.25) is 17.5 Å². The number of hydrogen-bond acceptors (Lipinski definition) is 9. The quantitative estimate of drug-likeness (QED) is 0.540. The van der Waals surface area contributed by atoms with Crippen molar-refractivity contribution in [2.24, 2.45) is 0 Å². The molecule has 0 spiro atoms. The van der Waals surface area contributed by atoms with Gasteiger partial charge in [-0.15, -0.1) is 0 Å². The van der Waals surface area contributed by atoms with Gasteiger partial charge in [0.1, 0.15) is 11.0 Å². The first-order valence-electron chi connectivity index (χ1n) is 7.90. The lowest BCUT2D eigenvalue weighted by Gasteiger charge is -2.37. The average molecular weight is 365 g/mol. The van der Waals surface area contributed by atoms with E-state index in [0.717, 1.165) is 22.8 Å². The Labute approximate surface area is 151 Å². The van der Waals surface area contributed by atoms with E-state index >= 15 is 0 Å². The standard InChI is InChI=1S/C16H11N7O2S/c24-16(9-2-3-11-12(6-9)22-26-21-11)23-7-10(8-23)15-19-14(20-25-15)13-17-4-1-5-18-13/h1-6,10H,7-8H2. The summed E-state index contributed by atoms with van der Waals surface area (Å²) in [5.74, 6) is 1.25. The van der Waals surface area contributed by atoms with E-state index in [1.54, 1.807) is 35.5 Å². The fraction of sp³-hybridized carbons (Fsp3) is 0.188. The first-order chi connectivity index (χ1) is 12.8. The van der Waals surface area contributed by atoms with E-state index in [9.17, 15) is 4.79 Å². The van der Waals surface area contributed by atoms with Gasteiger partial charge in [-0.1, -0.05) is 5.16 Å². The van der Waals surface area contributed by atoms with Crippen LogP contribution in [-0.4, -0.2) is 52.8 Å². The van der Waals surface area contributed by atoms with Crippen molar-refractivity contribution in [3.63, 3.8) is 0 Å². The molecule has 1 aliphatic rings. The molecule has 9 nitrogen and oxygen atoms in total. The van der Waals surface area contributed by atoms with Crippen molar-refractivity contribution in [2.45, 2.75) is 5.92 Å². The van der Waals surface area contributed by atoms with Crippen LogP contribution in [0.25, 0.3) is 22.7 Å². The predicted molar refractivity (Wildman–Crippen MR) is 91.4 cm³/mol. The number of carbonyl (C=O) groups excluding carboxylic acids is 1. The largest absolute Gasteiger partial charge is 0.338 e. The number of hydrogen-bond donors (Lipinski definition) is 0. The summed E-state index contributed by atoms with van der Waals surface area (Å²) < 4.78 is 13.6. The van der Waals surface area contributed by atoms with Crippen molar-refractivity contribution >= 4 is 28.7 Å². The second-order valence-corrected chi connectivity index (χ2v) is 6.43. The van der Waals surface area contributed by atoms with E-state index < -0.39 is 0 Å². The van der Waals surface area contributed by atoms with Gasteiger partial charge in [0, 0.05) is 31.0 Å². The van der Waals surface area contributed by atoms with Crippen molar-refractivity contribution in [2.75, 3.05) is 13.1 Å². The van der Waals surface area contributed by atoms with E-state index in [1.807, 2.05) is 6.07 Å². The summed E-state index contributed by atoms with van der Waals surface area (Å²) >= 11 is 1.14. The molecule has 1 fully saturated rings. The molecular weight excluding hydrogens is 354 g/mol. The zero-order chi connectivity index (χ0) is 17.5. The van der Waals surface area contributed by atoms with Crippen LogP contribution in [0.3, 0.4) is 0 Å². The highest BCUT2D eigenvalue weighted by Gasteiger charge is 2.36. The van der Waals surface area contributed by atoms with Gasteiger partial charge >= 0.3 is 0 Å². The third-order valence-corrected chi connectivity index (χ3v) is 4.78. The van der Waals surface area contributed by atoms with E-state index in [-0.39, 0.29) is 11.8 Å². The predicted octanol–water partition coefficient (Wildman–Crippen LogP) is 1.77. The number of fused-ring (bicyclic) bond motifs is 1. The number of amides is 1. The van der Waals surface area contributed by atoms with E-state index in [4.69, 9.17) is 4.52 Å². The molecule has 128 valence electrons. The number of nitrogens with zero attached hydrogens (tertiary/aromatic N) is 7. The number of likely N-dealkylation sites (tertiary alicyclic amines) is 1. The Hall–Kier alpha value is -3.27. The Bertz CT molecular complexity index is 1090. The summed E-state index contributed by atoms with van der Waals surface area (Å²) in [6, 6.07) is 7.08. The van der Waals surface area contributed by atoms with Crippen LogP contribution in [0.2, 0.25) is 0 Å². The van der Waals surface area contributed by atoms with Gasteiger partial charge in [-0.05, 0) is 24.3 Å². The molecule has 5 rings (SSSR count). The minimum Gasteiger partial charge on any atom is -0.338 e. The second kappa shape index (κ2) is 5.92. The number of aromatic nitrogens is 6. The lowest BCUT2D eigenvalue weighted by Crippen LogP contribution is -2.48. The molecule has 1 amide bonds. The first-order valence-corrected chi connectivity index (χ1v) is 8.63. The van der Waals surface area contributed by atoms with Crippen LogP contribution < -0.4 is 0 Å². The smallest absolute Gasteiger partial charge is 0.253 e. The maximum Gasteiger partial charge on any atom is 0.253 e. The monoisotopic (exact) mass is 365 g/mol. The van der Waals surface area contributed by atoms with Crippen molar-refractivity contribution in [1.82, 2.24) is 33.8 Å². The van der Waals surface area contributed by atoms with Crippen LogP contribution in [0.4, 0.5) is 0 Å². The molecule has 1 aromatic carbocycles. The van der Waals surface area contributed by atoms with Crippen LogP contribution in [0.5, 0.6) is 0 Å². The number of benzene rings is 1. The molecule has 26 heavy (non-hydrogen) atoms. The topological polar surface area (TPSA) is 111 Å². The van der Waals surface area contributed by atoms with Crippen LogP contribution >= 0.6 is 11.7 Å². The number of rotatable bonds is 3. The molecule has 0 saturated carbocycles. The Morgan fingerprint density at radius 2 is 1.92 bits per heavy atom. The van der Waals surface area contributed by atoms with Gasteiger partial charge in [-0.25, -0.2) is 9.97 Å². The molecule has 1 aliphatic heterocycles. The highest BCUT2D eigenvalue weighted by Crippen LogP contribution is 2.28. The molecule has 3 aromatic heterocycles. The molecule has 0 bridgehead atoms. The molecule has 0 unspecified atom stereocenters. The van der Waals surface area contributed by atoms with E-state index in [0.29, 0.717) is 36.2 Å². The van der Waals surface area contributed by atoms with Gasteiger partial charge in [0.25, 0.3) is 5.91 Å². The van der Waals surface area contributed by atoms with Gasteiger partial charge in [0.15, 0.2) is 0 Å². The summed E-state index contributed by atoms with van der Waals surface area (Å²) in [5, 5.41) is 3.92. The highest BCUT2D eigenvalue weighted by atomic mass is 32.1. The summed E-state index contributed by atoms with van der Waals surface area (Å²) in [7, 11) is 0. The van der Waals surface area contributed by atoms with Crippen molar-refractivity contribution in [1.29, 1.82) is 0 Å². The molecule has 4 aromatic rings. The van der Waals surface area contributed by atoms with Gasteiger partial charge in [-0.3, -0.25) is 4.79 Å². The maximum atomic E-state index is 12.6. The van der Waals surface area contributed by atoms with E-state index in [2.05, 4.69) is 28.9 Å². The van der Waals surface area contributed by atoms with Crippen molar-refractivity contribution in [3.8, 4) is 11.6 Å². The third kappa shape index (κ3) is 2.51. The van der Waals surface area contributed by atoms with Crippen LogP contribution in [0.1, 0.15) is 22.2 Å². The van der Waals surface area contributed by atoms with Crippen molar-refractivity contribution in [3.05, 3.63) is 48.1 Å². The van der Waals surface area contributed by atoms with Gasteiger partial charge in [-0.2, -0.15) is 13.7 Å². The van der Waals surface area contributed by atoms with E-state index in [1.165, 1.54) is 0 Å².